The molecule has 0 radical (unpaired) electrons. The highest BCUT2D eigenvalue weighted by Crippen LogP contribution is 2.27. The van der Waals surface area contributed by atoms with Gasteiger partial charge in [0.05, 0.1) is 17.8 Å². The topological polar surface area (TPSA) is 118 Å². The fourth-order valence-electron chi connectivity index (χ4n) is 4.27. The predicted octanol–water partition coefficient (Wildman–Crippen LogP) is 3.76. The Morgan fingerprint density at radius 1 is 1.24 bits per heavy atom. The molecule has 9 heteroatoms. The van der Waals surface area contributed by atoms with E-state index in [0.717, 1.165) is 61.0 Å². The number of carbonyl (C=O) groups excluding carboxylic acids is 1. The van der Waals surface area contributed by atoms with E-state index in [2.05, 4.69) is 20.7 Å². The number of anilines is 1. The number of ether oxygens (including phenoxy) is 1. The number of carbonyl (C=O) groups is 2. The van der Waals surface area contributed by atoms with Crippen molar-refractivity contribution in [3.8, 4) is 5.75 Å². The van der Waals surface area contributed by atoms with E-state index in [0.29, 0.717) is 18.6 Å². The molecule has 180 valence electrons. The summed E-state index contributed by atoms with van der Waals surface area (Å²) in [5.74, 6) is 0.224. The van der Waals surface area contributed by atoms with E-state index in [4.69, 9.17) is 4.74 Å². The average molecular weight is 466 g/mol. The minimum absolute atomic E-state index is 0.264. The lowest BCUT2D eigenvalue weighted by molar-refractivity contribution is -0.139. The van der Waals surface area contributed by atoms with Crippen molar-refractivity contribution < 1.29 is 19.4 Å². The number of pyridine rings is 1. The summed E-state index contributed by atoms with van der Waals surface area (Å²) in [5, 5.41) is 20.6. The summed E-state index contributed by atoms with van der Waals surface area (Å²) in [7, 11) is 1.83. The molecule has 0 bridgehead atoms. The molecule has 0 saturated heterocycles. The van der Waals surface area contributed by atoms with Gasteiger partial charge in [-0.25, -0.2) is 9.78 Å². The molecule has 1 aliphatic heterocycles. The van der Waals surface area contributed by atoms with Crippen molar-refractivity contribution in [2.45, 2.75) is 57.0 Å². The quantitative estimate of drug-likeness (QED) is 0.369. The van der Waals surface area contributed by atoms with Gasteiger partial charge in [0.2, 0.25) is 0 Å². The van der Waals surface area contributed by atoms with E-state index in [1.165, 1.54) is 0 Å². The number of rotatable bonds is 11. The van der Waals surface area contributed by atoms with E-state index < -0.39 is 12.0 Å². The molecule has 2 unspecified atom stereocenters. The maximum Gasteiger partial charge on any atom is 0.326 e. The van der Waals surface area contributed by atoms with Gasteiger partial charge in [-0.3, -0.25) is 9.48 Å². The van der Waals surface area contributed by atoms with E-state index in [9.17, 15) is 14.7 Å². The molecule has 0 aliphatic carbocycles. The molecule has 3 N–H and O–H groups in total. The van der Waals surface area contributed by atoms with Gasteiger partial charge in [-0.15, -0.1) is 0 Å². The first-order valence-electron chi connectivity index (χ1n) is 11.8. The number of aryl methyl sites for hydroxylation is 1. The Bertz CT molecular complexity index is 1150. The fraction of sp³-hybridized carbons (Fsp3) is 0.440. The highest BCUT2D eigenvalue weighted by molar-refractivity contribution is 5.99. The van der Waals surface area contributed by atoms with Crippen LogP contribution in [0.3, 0.4) is 0 Å². The first kappa shape index (κ1) is 23.5. The molecule has 2 atom stereocenters. The van der Waals surface area contributed by atoms with Gasteiger partial charge in [0, 0.05) is 24.2 Å². The number of nitrogens with one attached hydrogen (secondary N) is 2. The molecule has 1 amide bonds. The number of aliphatic carboxylic acids is 1. The molecular formula is C25H31N5O4. The normalized spacial score (nSPS) is 15.7. The van der Waals surface area contributed by atoms with Crippen LogP contribution >= 0.6 is 0 Å². The van der Waals surface area contributed by atoms with Gasteiger partial charge in [-0.1, -0.05) is 32.1 Å². The zero-order valence-corrected chi connectivity index (χ0v) is 19.4. The van der Waals surface area contributed by atoms with Crippen LogP contribution in [0.25, 0.3) is 10.9 Å². The zero-order chi connectivity index (χ0) is 23.9. The second kappa shape index (κ2) is 11.0. The van der Waals surface area contributed by atoms with E-state index in [1.54, 1.807) is 29.2 Å². The van der Waals surface area contributed by atoms with Crippen LogP contribution in [-0.4, -0.2) is 50.4 Å². The molecule has 1 aromatic carbocycles. The number of hydrogen-bond acceptors (Lipinski definition) is 6. The van der Waals surface area contributed by atoms with Crippen molar-refractivity contribution in [3.05, 3.63) is 48.3 Å². The van der Waals surface area contributed by atoms with Crippen LogP contribution in [-0.2, 0) is 11.8 Å². The number of amides is 1. The van der Waals surface area contributed by atoms with Gasteiger partial charge >= 0.3 is 5.97 Å². The highest BCUT2D eigenvalue weighted by atomic mass is 16.5. The molecular weight excluding hydrogens is 434 g/mol. The van der Waals surface area contributed by atoms with Crippen LogP contribution in [0.4, 0.5) is 5.82 Å². The third-order valence-corrected chi connectivity index (χ3v) is 6.21. The largest absolute Gasteiger partial charge is 0.488 e. The number of nitrogens with zero attached hydrogens (tertiary/aromatic N) is 3. The lowest BCUT2D eigenvalue weighted by Crippen LogP contribution is -2.40. The number of aromatic nitrogens is 3. The van der Waals surface area contributed by atoms with Crippen LogP contribution in [0, 0.1) is 0 Å². The number of hydrogen-bond donors (Lipinski definition) is 3. The number of benzene rings is 1. The number of carboxylic acid groups (broad SMARTS) is 1. The summed E-state index contributed by atoms with van der Waals surface area (Å²) in [6.45, 7) is 0.645. The molecule has 0 saturated carbocycles. The standard InChI is InChI=1S/C25H31N5O4/c1-30-21-12-11-17(14-18(21)15-27-30)24(31)29-20(25(32)33)9-6-4-2-3-5-8-19-16-34-22-10-7-13-26-23(22)28-19/h7,10-15,19-20H,2-6,8-9,16H2,1H3,(H,26,28)(H,29,31)(H,32,33). The van der Waals surface area contributed by atoms with Gasteiger partial charge in [0.1, 0.15) is 12.6 Å². The van der Waals surface area contributed by atoms with E-state index >= 15 is 0 Å². The van der Waals surface area contributed by atoms with Crippen LogP contribution in [0.5, 0.6) is 5.75 Å². The predicted molar refractivity (Wildman–Crippen MR) is 129 cm³/mol. The Kier molecular flexibility index (Phi) is 7.61. The molecule has 3 aromatic rings. The first-order valence-corrected chi connectivity index (χ1v) is 11.8. The number of carboxylic acids is 1. The molecule has 34 heavy (non-hydrogen) atoms. The van der Waals surface area contributed by atoms with E-state index in [-0.39, 0.29) is 11.9 Å². The minimum atomic E-state index is -1.01. The zero-order valence-electron chi connectivity index (χ0n) is 19.4. The molecule has 1 aliphatic rings. The van der Waals surface area contributed by atoms with Crippen molar-refractivity contribution in [2.24, 2.45) is 7.05 Å². The Morgan fingerprint density at radius 2 is 2.06 bits per heavy atom. The summed E-state index contributed by atoms with van der Waals surface area (Å²) in [4.78, 5) is 28.6. The molecule has 0 spiro atoms. The monoisotopic (exact) mass is 465 g/mol. The average Bonchev–Trinajstić information content (AvgIpc) is 3.22. The number of fused-ring (bicyclic) bond motifs is 2. The number of unbranched alkanes of at least 4 members (excludes halogenated alkanes) is 4. The fourth-order valence-corrected chi connectivity index (χ4v) is 4.27. The van der Waals surface area contributed by atoms with Crippen LogP contribution < -0.4 is 15.4 Å². The van der Waals surface area contributed by atoms with Crippen molar-refractivity contribution >= 4 is 28.6 Å². The molecule has 3 heterocycles. The van der Waals surface area contributed by atoms with Crippen LogP contribution in [0.1, 0.15) is 55.3 Å². The molecule has 4 rings (SSSR count). The summed E-state index contributed by atoms with van der Waals surface area (Å²) in [6, 6.07) is 8.39. The Hall–Kier alpha value is -3.62. The van der Waals surface area contributed by atoms with Gasteiger partial charge in [0.15, 0.2) is 11.6 Å². The van der Waals surface area contributed by atoms with Crippen LogP contribution in [0.15, 0.2) is 42.7 Å². The molecule has 9 nitrogen and oxygen atoms in total. The lowest BCUT2D eigenvalue weighted by Gasteiger charge is -2.26. The van der Waals surface area contributed by atoms with Crippen LogP contribution in [0.2, 0.25) is 0 Å². The van der Waals surface area contributed by atoms with Crippen molar-refractivity contribution in [1.82, 2.24) is 20.1 Å². The maximum absolute atomic E-state index is 12.6. The minimum Gasteiger partial charge on any atom is -0.488 e. The van der Waals surface area contributed by atoms with Crippen molar-refractivity contribution in [1.29, 1.82) is 0 Å². The smallest absolute Gasteiger partial charge is 0.326 e. The van der Waals surface area contributed by atoms with Crippen molar-refractivity contribution in [2.75, 3.05) is 11.9 Å². The lowest BCUT2D eigenvalue weighted by atomic mass is 10.0. The van der Waals surface area contributed by atoms with Crippen molar-refractivity contribution in [3.63, 3.8) is 0 Å². The van der Waals surface area contributed by atoms with Gasteiger partial charge in [-0.05, 0) is 43.2 Å². The third kappa shape index (κ3) is 5.84. The maximum atomic E-state index is 12.6. The summed E-state index contributed by atoms with van der Waals surface area (Å²) in [5.41, 5.74) is 1.35. The summed E-state index contributed by atoms with van der Waals surface area (Å²) >= 11 is 0. The third-order valence-electron chi connectivity index (χ3n) is 6.21. The Morgan fingerprint density at radius 3 is 2.91 bits per heavy atom. The molecule has 0 fully saturated rings. The van der Waals surface area contributed by atoms with Gasteiger partial charge < -0.3 is 20.5 Å². The first-order chi connectivity index (χ1) is 16.5. The molecule has 2 aromatic heterocycles. The van der Waals surface area contributed by atoms with E-state index in [1.807, 2.05) is 25.2 Å². The summed E-state index contributed by atoms with van der Waals surface area (Å²) < 4.78 is 7.48. The second-order valence-corrected chi connectivity index (χ2v) is 8.75. The van der Waals surface area contributed by atoms with Gasteiger partial charge in [-0.2, -0.15) is 5.10 Å². The SMILES string of the molecule is Cn1ncc2cc(C(=O)NC(CCCCCCCC3COc4cccnc4N3)C(=O)O)ccc21. The van der Waals surface area contributed by atoms with Gasteiger partial charge in [0.25, 0.3) is 5.91 Å². The Balaban J connectivity index is 1.14. The summed E-state index contributed by atoms with van der Waals surface area (Å²) in [6.07, 6.45) is 9.71. The second-order valence-electron chi connectivity index (χ2n) is 8.75. The highest BCUT2D eigenvalue weighted by Gasteiger charge is 2.21. The Labute approximate surface area is 198 Å².